The molecule has 1 aliphatic rings. The average molecular weight is 346 g/mol. The van der Waals surface area contributed by atoms with Gasteiger partial charge in [0.1, 0.15) is 11.5 Å². The Balaban J connectivity index is 2.03. The summed E-state index contributed by atoms with van der Waals surface area (Å²) in [5.41, 5.74) is -0.230. The number of hydrogen-bond acceptors (Lipinski definition) is 7. The number of non-ortho nitro benzene ring substituents is 1. The fraction of sp³-hybridized carbons (Fsp3) is 0.467. The smallest absolute Gasteiger partial charge is 0.299 e. The standard InChI is InChI=1S/C15H18N6O4/c1-9(2)14-16-17-15-10(3)18(6-7-19(14)15)12-5-4-11(20(22)23)8-13(12)21(24)25/h4-5,8-10H,6-7H2,1-3H3. The maximum Gasteiger partial charge on any atom is 0.299 e. The van der Waals surface area contributed by atoms with Crippen molar-refractivity contribution in [3.8, 4) is 0 Å². The Morgan fingerprint density at radius 1 is 1.16 bits per heavy atom. The number of fused-ring (bicyclic) bond motifs is 1. The predicted molar refractivity (Wildman–Crippen MR) is 89.6 cm³/mol. The second kappa shape index (κ2) is 6.11. The molecule has 3 rings (SSSR count). The second-order valence-electron chi connectivity index (χ2n) is 6.28. The van der Waals surface area contributed by atoms with Gasteiger partial charge in [-0.15, -0.1) is 10.2 Å². The van der Waals surface area contributed by atoms with Crippen molar-refractivity contribution in [2.75, 3.05) is 11.4 Å². The zero-order valence-corrected chi connectivity index (χ0v) is 14.1. The van der Waals surface area contributed by atoms with Crippen LogP contribution in [0.25, 0.3) is 0 Å². The lowest BCUT2D eigenvalue weighted by Crippen LogP contribution is -2.38. The molecule has 2 heterocycles. The van der Waals surface area contributed by atoms with Crippen molar-refractivity contribution in [1.29, 1.82) is 0 Å². The van der Waals surface area contributed by atoms with E-state index in [4.69, 9.17) is 0 Å². The summed E-state index contributed by atoms with van der Waals surface area (Å²) in [4.78, 5) is 22.9. The van der Waals surface area contributed by atoms with E-state index >= 15 is 0 Å². The normalized spacial score (nSPS) is 16.8. The molecule has 0 radical (unpaired) electrons. The first kappa shape index (κ1) is 16.8. The Morgan fingerprint density at radius 3 is 2.48 bits per heavy atom. The van der Waals surface area contributed by atoms with E-state index in [0.29, 0.717) is 18.8 Å². The first-order valence-corrected chi connectivity index (χ1v) is 7.93. The van der Waals surface area contributed by atoms with E-state index in [1.165, 1.54) is 12.1 Å². The minimum absolute atomic E-state index is 0.228. The zero-order chi connectivity index (χ0) is 18.3. The van der Waals surface area contributed by atoms with Crippen LogP contribution in [-0.4, -0.2) is 31.2 Å². The molecule has 132 valence electrons. The maximum atomic E-state index is 11.4. The third-order valence-electron chi connectivity index (χ3n) is 4.41. The molecule has 0 saturated carbocycles. The number of aromatic nitrogens is 3. The zero-order valence-electron chi connectivity index (χ0n) is 14.1. The number of nitro groups is 2. The highest BCUT2D eigenvalue weighted by atomic mass is 16.6. The summed E-state index contributed by atoms with van der Waals surface area (Å²) in [6, 6.07) is 3.49. The molecule has 0 spiro atoms. The van der Waals surface area contributed by atoms with Crippen LogP contribution in [0.15, 0.2) is 18.2 Å². The van der Waals surface area contributed by atoms with Crippen molar-refractivity contribution in [2.24, 2.45) is 0 Å². The van der Waals surface area contributed by atoms with Crippen molar-refractivity contribution < 1.29 is 9.85 Å². The molecule has 10 nitrogen and oxygen atoms in total. The summed E-state index contributed by atoms with van der Waals surface area (Å²) in [6.07, 6.45) is 0. The molecule has 0 fully saturated rings. The molecule has 1 atom stereocenters. The van der Waals surface area contributed by atoms with Crippen LogP contribution in [0.1, 0.15) is 44.4 Å². The van der Waals surface area contributed by atoms with Gasteiger partial charge in [-0.3, -0.25) is 20.2 Å². The van der Waals surface area contributed by atoms with Gasteiger partial charge in [-0.25, -0.2) is 0 Å². The topological polar surface area (TPSA) is 120 Å². The third-order valence-corrected chi connectivity index (χ3v) is 4.41. The Labute approximate surface area is 143 Å². The molecular formula is C15H18N6O4. The number of hydrogen-bond donors (Lipinski definition) is 0. The van der Waals surface area contributed by atoms with Gasteiger partial charge < -0.3 is 9.47 Å². The Hall–Kier alpha value is -3.04. The van der Waals surface area contributed by atoms with Crippen LogP contribution < -0.4 is 4.90 Å². The Morgan fingerprint density at radius 2 is 1.88 bits per heavy atom. The van der Waals surface area contributed by atoms with E-state index in [-0.39, 0.29) is 23.3 Å². The van der Waals surface area contributed by atoms with Gasteiger partial charge in [0.05, 0.1) is 22.0 Å². The summed E-state index contributed by atoms with van der Waals surface area (Å²) in [7, 11) is 0. The summed E-state index contributed by atoms with van der Waals surface area (Å²) < 4.78 is 2.04. The summed E-state index contributed by atoms with van der Waals surface area (Å²) in [6.45, 7) is 7.11. The van der Waals surface area contributed by atoms with Crippen molar-refractivity contribution in [2.45, 2.75) is 39.3 Å². The molecule has 0 N–H and O–H groups in total. The third kappa shape index (κ3) is 2.79. The molecule has 1 aromatic carbocycles. The second-order valence-corrected chi connectivity index (χ2v) is 6.28. The van der Waals surface area contributed by atoms with Crippen LogP contribution in [0, 0.1) is 20.2 Å². The van der Waals surface area contributed by atoms with E-state index in [0.717, 1.165) is 17.7 Å². The first-order chi connectivity index (χ1) is 11.8. The first-order valence-electron chi connectivity index (χ1n) is 7.93. The lowest BCUT2D eigenvalue weighted by atomic mass is 10.1. The van der Waals surface area contributed by atoms with Gasteiger partial charge in [-0.1, -0.05) is 13.8 Å². The molecule has 0 saturated heterocycles. The summed E-state index contributed by atoms with van der Waals surface area (Å²) in [5, 5.41) is 30.8. The number of rotatable bonds is 4. The van der Waals surface area contributed by atoms with Gasteiger partial charge in [0.25, 0.3) is 11.4 Å². The Kier molecular flexibility index (Phi) is 4.11. The minimum Gasteiger partial charge on any atom is -0.354 e. The molecule has 25 heavy (non-hydrogen) atoms. The molecule has 1 unspecified atom stereocenters. The van der Waals surface area contributed by atoms with E-state index in [9.17, 15) is 20.2 Å². The predicted octanol–water partition coefficient (Wildman–Crippen LogP) is 2.80. The molecule has 1 aromatic heterocycles. The monoisotopic (exact) mass is 346 g/mol. The Bertz CT molecular complexity index is 847. The molecule has 0 bridgehead atoms. The molecule has 10 heteroatoms. The van der Waals surface area contributed by atoms with E-state index in [1.807, 2.05) is 30.2 Å². The SMILES string of the molecule is CC(C)c1nnc2n1CCN(c1ccc([N+](=O)[O-])cc1[N+](=O)[O-])C2C. The fourth-order valence-corrected chi connectivity index (χ4v) is 3.18. The van der Waals surface area contributed by atoms with Crippen molar-refractivity contribution in [1.82, 2.24) is 14.8 Å². The quantitative estimate of drug-likeness (QED) is 0.616. The highest BCUT2D eigenvalue weighted by Crippen LogP contribution is 2.38. The number of nitrogens with zero attached hydrogens (tertiary/aromatic N) is 6. The van der Waals surface area contributed by atoms with Crippen molar-refractivity contribution in [3.05, 3.63) is 50.1 Å². The van der Waals surface area contributed by atoms with Gasteiger partial charge in [-0.05, 0) is 13.0 Å². The van der Waals surface area contributed by atoms with Crippen molar-refractivity contribution in [3.63, 3.8) is 0 Å². The van der Waals surface area contributed by atoms with Crippen LogP contribution in [0.3, 0.4) is 0 Å². The fourth-order valence-electron chi connectivity index (χ4n) is 3.18. The molecule has 0 amide bonds. The van der Waals surface area contributed by atoms with Crippen LogP contribution >= 0.6 is 0 Å². The van der Waals surface area contributed by atoms with Gasteiger partial charge in [-0.2, -0.15) is 0 Å². The highest BCUT2D eigenvalue weighted by molar-refractivity contribution is 5.67. The van der Waals surface area contributed by atoms with E-state index < -0.39 is 9.85 Å². The van der Waals surface area contributed by atoms with Gasteiger partial charge in [0, 0.05) is 25.1 Å². The average Bonchev–Trinajstić information content (AvgIpc) is 2.99. The van der Waals surface area contributed by atoms with Crippen LogP contribution in [0.2, 0.25) is 0 Å². The maximum absolute atomic E-state index is 11.4. The number of anilines is 1. The van der Waals surface area contributed by atoms with E-state index in [2.05, 4.69) is 10.2 Å². The molecule has 2 aromatic rings. The van der Waals surface area contributed by atoms with E-state index in [1.54, 1.807) is 0 Å². The van der Waals surface area contributed by atoms with Crippen LogP contribution in [0.5, 0.6) is 0 Å². The minimum atomic E-state index is -0.637. The lowest BCUT2D eigenvalue weighted by Gasteiger charge is -2.35. The van der Waals surface area contributed by atoms with Crippen molar-refractivity contribution >= 4 is 17.1 Å². The number of nitro benzene ring substituents is 2. The largest absolute Gasteiger partial charge is 0.354 e. The summed E-state index contributed by atoms with van der Waals surface area (Å²) >= 11 is 0. The summed E-state index contributed by atoms with van der Waals surface area (Å²) in [5.74, 6) is 1.86. The highest BCUT2D eigenvalue weighted by Gasteiger charge is 2.33. The lowest BCUT2D eigenvalue weighted by molar-refractivity contribution is -0.393. The van der Waals surface area contributed by atoms with Gasteiger partial charge in [0.2, 0.25) is 0 Å². The number of benzene rings is 1. The van der Waals surface area contributed by atoms with Crippen LogP contribution in [0.4, 0.5) is 17.1 Å². The molecular weight excluding hydrogens is 328 g/mol. The molecule has 1 aliphatic heterocycles. The van der Waals surface area contributed by atoms with Crippen LogP contribution in [-0.2, 0) is 6.54 Å². The molecule has 0 aliphatic carbocycles. The van der Waals surface area contributed by atoms with Gasteiger partial charge in [0.15, 0.2) is 5.82 Å². The van der Waals surface area contributed by atoms with Gasteiger partial charge >= 0.3 is 0 Å².